The van der Waals surface area contributed by atoms with Crippen molar-refractivity contribution < 1.29 is 13.5 Å². The molecule has 0 spiro atoms. The fourth-order valence-corrected chi connectivity index (χ4v) is 6.72. The summed E-state index contributed by atoms with van der Waals surface area (Å²) in [5, 5.41) is 21.3. The number of hydrogen-bond acceptors (Lipinski definition) is 8. The van der Waals surface area contributed by atoms with Crippen LogP contribution in [0.5, 0.6) is 0 Å². The standard InChI is InChI=1S/C13H15N3O3S3/c1-8-3-2-4-9(5-8)14-12-15-16-13(21-12)20-11-7-22(18,19)6-10(11)17/h2-5,10-11,17H,6-7H2,1H3,(H,14,15)/t10-,11-/m0/s1. The molecule has 1 aliphatic heterocycles. The normalized spacial score (nSPS) is 23.5. The molecule has 1 aliphatic rings. The molecule has 118 valence electrons. The number of benzene rings is 1. The van der Waals surface area contributed by atoms with Crippen molar-refractivity contribution in [3.8, 4) is 0 Å². The van der Waals surface area contributed by atoms with E-state index in [1.54, 1.807) is 0 Å². The van der Waals surface area contributed by atoms with E-state index in [4.69, 9.17) is 0 Å². The number of nitrogens with one attached hydrogen (secondary N) is 1. The molecule has 0 saturated carbocycles. The number of anilines is 2. The summed E-state index contributed by atoms with van der Waals surface area (Å²) in [6.07, 6.45) is -0.841. The topological polar surface area (TPSA) is 92.2 Å². The van der Waals surface area contributed by atoms with Crippen LogP contribution in [-0.2, 0) is 9.84 Å². The number of hydrogen-bond donors (Lipinski definition) is 2. The van der Waals surface area contributed by atoms with E-state index >= 15 is 0 Å². The fourth-order valence-electron chi connectivity index (χ4n) is 2.19. The second-order valence-electron chi connectivity index (χ2n) is 5.17. The molecule has 6 nitrogen and oxygen atoms in total. The van der Waals surface area contributed by atoms with Gasteiger partial charge in [-0.2, -0.15) is 0 Å². The average molecular weight is 357 g/mol. The van der Waals surface area contributed by atoms with Gasteiger partial charge in [-0.15, -0.1) is 10.2 Å². The Kier molecular flexibility index (Phi) is 4.40. The van der Waals surface area contributed by atoms with Gasteiger partial charge in [0.15, 0.2) is 14.2 Å². The highest BCUT2D eigenvalue weighted by atomic mass is 32.2. The van der Waals surface area contributed by atoms with Gasteiger partial charge >= 0.3 is 0 Å². The quantitative estimate of drug-likeness (QED) is 0.862. The summed E-state index contributed by atoms with van der Waals surface area (Å²) in [6.45, 7) is 2.01. The van der Waals surface area contributed by atoms with Gasteiger partial charge in [-0.3, -0.25) is 0 Å². The smallest absolute Gasteiger partial charge is 0.210 e. The van der Waals surface area contributed by atoms with Gasteiger partial charge in [0, 0.05) is 5.69 Å². The van der Waals surface area contributed by atoms with Crippen LogP contribution in [0, 0.1) is 6.92 Å². The van der Waals surface area contributed by atoms with E-state index in [0.29, 0.717) is 9.47 Å². The maximum absolute atomic E-state index is 11.5. The van der Waals surface area contributed by atoms with Gasteiger partial charge in [0.1, 0.15) is 0 Å². The molecule has 0 amide bonds. The number of sulfone groups is 1. The van der Waals surface area contributed by atoms with Crippen LogP contribution in [0.2, 0.25) is 0 Å². The van der Waals surface area contributed by atoms with E-state index < -0.39 is 15.9 Å². The first-order chi connectivity index (χ1) is 10.4. The van der Waals surface area contributed by atoms with Crippen LogP contribution in [0.25, 0.3) is 0 Å². The Bertz CT molecular complexity index is 776. The molecule has 2 N–H and O–H groups in total. The Morgan fingerprint density at radius 2 is 2.18 bits per heavy atom. The third kappa shape index (κ3) is 3.78. The maximum Gasteiger partial charge on any atom is 0.210 e. The first-order valence-corrected chi connectivity index (χ1v) is 10.2. The van der Waals surface area contributed by atoms with Gasteiger partial charge < -0.3 is 10.4 Å². The maximum atomic E-state index is 11.5. The summed E-state index contributed by atoms with van der Waals surface area (Å²) >= 11 is 2.62. The molecular weight excluding hydrogens is 342 g/mol. The van der Waals surface area contributed by atoms with Gasteiger partial charge in [-0.1, -0.05) is 35.2 Å². The van der Waals surface area contributed by atoms with Crippen molar-refractivity contribution >= 4 is 43.8 Å². The van der Waals surface area contributed by atoms with Crippen molar-refractivity contribution in [3.05, 3.63) is 29.8 Å². The molecule has 2 aromatic rings. The molecule has 22 heavy (non-hydrogen) atoms. The number of aliphatic hydroxyl groups excluding tert-OH is 1. The van der Waals surface area contributed by atoms with Gasteiger partial charge in [-0.25, -0.2) is 8.42 Å². The highest BCUT2D eigenvalue weighted by Gasteiger charge is 2.37. The molecule has 1 saturated heterocycles. The summed E-state index contributed by atoms with van der Waals surface area (Å²) in [4.78, 5) is 0. The zero-order valence-electron chi connectivity index (χ0n) is 11.8. The number of aliphatic hydroxyl groups is 1. The van der Waals surface area contributed by atoms with Crippen LogP contribution in [0.15, 0.2) is 28.6 Å². The SMILES string of the molecule is Cc1cccc(Nc2nnc(S[C@H]3CS(=O)(=O)C[C@@H]3O)s2)c1. The third-order valence-corrected chi connectivity index (χ3v) is 7.37. The van der Waals surface area contributed by atoms with Crippen LogP contribution < -0.4 is 5.32 Å². The molecular formula is C13H15N3O3S3. The van der Waals surface area contributed by atoms with Gasteiger partial charge in [-0.05, 0) is 24.6 Å². The largest absolute Gasteiger partial charge is 0.391 e. The highest BCUT2D eigenvalue weighted by Crippen LogP contribution is 2.35. The first-order valence-electron chi connectivity index (χ1n) is 6.64. The van der Waals surface area contributed by atoms with Gasteiger partial charge in [0.05, 0.1) is 22.9 Å². The van der Waals surface area contributed by atoms with E-state index in [9.17, 15) is 13.5 Å². The van der Waals surface area contributed by atoms with Crippen molar-refractivity contribution in [1.82, 2.24) is 10.2 Å². The molecule has 0 bridgehead atoms. The summed E-state index contributed by atoms with van der Waals surface area (Å²) in [7, 11) is -3.14. The highest BCUT2D eigenvalue weighted by molar-refractivity contribution is 8.03. The van der Waals surface area contributed by atoms with Gasteiger partial charge in [0.2, 0.25) is 5.13 Å². The van der Waals surface area contributed by atoms with Crippen LogP contribution in [0.4, 0.5) is 10.8 Å². The molecule has 3 rings (SSSR count). The minimum atomic E-state index is -3.14. The molecule has 2 atom stereocenters. The van der Waals surface area contributed by atoms with Crippen LogP contribution in [-0.4, -0.2) is 46.6 Å². The molecule has 9 heteroatoms. The zero-order chi connectivity index (χ0) is 15.7. The minimum absolute atomic E-state index is 0.0148. The summed E-state index contributed by atoms with van der Waals surface area (Å²) in [6, 6.07) is 7.90. The van der Waals surface area contributed by atoms with E-state index in [-0.39, 0.29) is 16.8 Å². The second-order valence-corrected chi connectivity index (χ2v) is 9.79. The molecule has 1 aromatic heterocycles. The number of nitrogens with zero attached hydrogens (tertiary/aromatic N) is 2. The summed E-state index contributed by atoms with van der Waals surface area (Å²) in [5.41, 5.74) is 2.07. The molecule has 1 aromatic carbocycles. The Hall–Kier alpha value is -1.16. The van der Waals surface area contributed by atoms with Crippen LogP contribution >= 0.6 is 23.1 Å². The minimum Gasteiger partial charge on any atom is -0.391 e. The number of thioether (sulfide) groups is 1. The lowest BCUT2D eigenvalue weighted by Gasteiger charge is -2.08. The van der Waals surface area contributed by atoms with Crippen molar-refractivity contribution in [2.75, 3.05) is 16.8 Å². The van der Waals surface area contributed by atoms with E-state index in [0.717, 1.165) is 11.3 Å². The number of rotatable bonds is 4. The molecule has 0 unspecified atom stereocenters. The average Bonchev–Trinajstić information content (AvgIpc) is 2.94. The summed E-state index contributed by atoms with van der Waals surface area (Å²) in [5.74, 6) is -0.184. The Morgan fingerprint density at radius 3 is 2.86 bits per heavy atom. The fraction of sp³-hybridized carbons (Fsp3) is 0.385. The van der Waals surface area contributed by atoms with E-state index in [1.807, 2.05) is 31.2 Å². The van der Waals surface area contributed by atoms with Crippen molar-refractivity contribution in [3.63, 3.8) is 0 Å². The predicted octanol–water partition coefficient (Wildman–Crippen LogP) is 1.84. The second kappa shape index (κ2) is 6.15. The third-order valence-electron chi connectivity index (χ3n) is 3.20. The predicted molar refractivity (Wildman–Crippen MR) is 88.7 cm³/mol. The van der Waals surface area contributed by atoms with Crippen LogP contribution in [0.1, 0.15) is 5.56 Å². The van der Waals surface area contributed by atoms with E-state index in [2.05, 4.69) is 15.5 Å². The van der Waals surface area contributed by atoms with Crippen LogP contribution in [0.3, 0.4) is 0 Å². The number of aromatic nitrogens is 2. The lowest BCUT2D eigenvalue weighted by Crippen LogP contribution is -2.19. The molecule has 0 aliphatic carbocycles. The molecule has 2 heterocycles. The Morgan fingerprint density at radius 1 is 1.36 bits per heavy atom. The van der Waals surface area contributed by atoms with Gasteiger partial charge in [0.25, 0.3) is 0 Å². The Labute approximate surface area is 136 Å². The molecule has 0 radical (unpaired) electrons. The monoisotopic (exact) mass is 357 g/mol. The lowest BCUT2D eigenvalue weighted by atomic mass is 10.2. The lowest BCUT2D eigenvalue weighted by molar-refractivity contribution is 0.207. The van der Waals surface area contributed by atoms with E-state index in [1.165, 1.54) is 23.1 Å². The summed E-state index contributed by atoms with van der Waals surface area (Å²) < 4.78 is 23.7. The van der Waals surface area contributed by atoms with Crippen molar-refractivity contribution in [2.45, 2.75) is 22.6 Å². The number of aryl methyl sites for hydroxylation is 1. The molecule has 1 fully saturated rings. The van der Waals surface area contributed by atoms with Crippen molar-refractivity contribution in [1.29, 1.82) is 0 Å². The zero-order valence-corrected chi connectivity index (χ0v) is 14.2. The first kappa shape index (κ1) is 15.7. The Balaban J connectivity index is 1.67. The van der Waals surface area contributed by atoms with Crippen molar-refractivity contribution in [2.24, 2.45) is 0 Å².